The molecule has 2 amide bonds. The van der Waals surface area contributed by atoms with Crippen LogP contribution in [0.25, 0.3) is 0 Å². The van der Waals surface area contributed by atoms with E-state index in [9.17, 15) is 9.59 Å². The van der Waals surface area contributed by atoms with Crippen molar-refractivity contribution in [2.45, 2.75) is 13.8 Å². The van der Waals surface area contributed by atoms with Gasteiger partial charge in [0.25, 0.3) is 11.8 Å². The number of amides is 2. The first-order valence-corrected chi connectivity index (χ1v) is 9.33. The molecule has 126 valence electrons. The number of thioether (sulfide) groups is 2. The van der Waals surface area contributed by atoms with Gasteiger partial charge in [-0.25, -0.2) is 4.90 Å². The van der Waals surface area contributed by atoms with Crippen LogP contribution in [-0.4, -0.2) is 46.7 Å². The zero-order valence-electron chi connectivity index (χ0n) is 13.2. The van der Waals surface area contributed by atoms with Crippen molar-refractivity contribution in [2.75, 3.05) is 29.6 Å². The van der Waals surface area contributed by atoms with Gasteiger partial charge < -0.3 is 10.2 Å². The molecular weight excluding hydrogens is 334 g/mol. The molecule has 0 atom stereocenters. The van der Waals surface area contributed by atoms with Crippen LogP contribution in [0.3, 0.4) is 0 Å². The van der Waals surface area contributed by atoms with Gasteiger partial charge in [-0.05, 0) is 12.1 Å². The summed E-state index contributed by atoms with van der Waals surface area (Å²) in [5, 5.41) is 17.8. The normalized spacial score (nSPS) is 14.2. The minimum atomic E-state index is -0.370. The van der Waals surface area contributed by atoms with Crippen LogP contribution in [0.15, 0.2) is 40.1 Å². The Kier molecular flexibility index (Phi) is 9.01. The molecule has 0 fully saturated rings. The molecule has 23 heavy (non-hydrogen) atoms. The highest BCUT2D eigenvalue weighted by Crippen LogP contribution is 2.38. The van der Waals surface area contributed by atoms with Crippen molar-refractivity contribution in [1.29, 1.82) is 0 Å². The fourth-order valence-corrected chi connectivity index (χ4v) is 3.66. The Morgan fingerprint density at radius 1 is 0.870 bits per heavy atom. The summed E-state index contributed by atoms with van der Waals surface area (Å²) in [5.74, 6) is -0.0458. The Morgan fingerprint density at radius 2 is 1.30 bits per heavy atom. The van der Waals surface area contributed by atoms with E-state index in [4.69, 9.17) is 10.2 Å². The maximum Gasteiger partial charge on any atom is 0.273 e. The lowest BCUT2D eigenvalue weighted by molar-refractivity contribution is -0.120. The van der Waals surface area contributed by atoms with Crippen molar-refractivity contribution in [1.82, 2.24) is 0 Å². The van der Waals surface area contributed by atoms with Crippen LogP contribution in [0.1, 0.15) is 13.8 Å². The molecule has 7 heteroatoms. The maximum absolute atomic E-state index is 12.5. The van der Waals surface area contributed by atoms with Gasteiger partial charge in [0.15, 0.2) is 0 Å². The van der Waals surface area contributed by atoms with Crippen molar-refractivity contribution in [2.24, 2.45) is 0 Å². The second-order valence-corrected chi connectivity index (χ2v) is 6.29. The molecule has 0 aromatic heterocycles. The number of benzene rings is 1. The average Bonchev–Trinajstić information content (AvgIpc) is 2.83. The number of hydrogen-bond donors (Lipinski definition) is 2. The van der Waals surface area contributed by atoms with Gasteiger partial charge in [-0.3, -0.25) is 9.59 Å². The summed E-state index contributed by atoms with van der Waals surface area (Å²) >= 11 is 2.34. The zero-order chi connectivity index (χ0) is 17.2. The fraction of sp³-hybridized carbons (Fsp3) is 0.375. The summed E-state index contributed by atoms with van der Waals surface area (Å²) < 4.78 is 0. The van der Waals surface area contributed by atoms with Crippen LogP contribution in [-0.2, 0) is 9.59 Å². The largest absolute Gasteiger partial charge is 0.396 e. The highest BCUT2D eigenvalue weighted by Gasteiger charge is 2.39. The third-order valence-electron chi connectivity index (χ3n) is 2.69. The van der Waals surface area contributed by atoms with Crippen molar-refractivity contribution in [3.05, 3.63) is 40.1 Å². The van der Waals surface area contributed by atoms with E-state index < -0.39 is 0 Å². The number of imide groups is 1. The standard InChI is InChI=1S/C14H15NO4S2.C2H6/c16-6-8-20-11-12(21-9-7-17)14(19)15(13(11)18)10-4-2-1-3-5-10;1-2/h1-5,16-17H,6-9H2;1-2H3. The highest BCUT2D eigenvalue weighted by molar-refractivity contribution is 8.08. The molecule has 1 aliphatic heterocycles. The van der Waals surface area contributed by atoms with Crippen LogP contribution in [0.2, 0.25) is 0 Å². The maximum atomic E-state index is 12.5. The molecule has 2 rings (SSSR count). The summed E-state index contributed by atoms with van der Waals surface area (Å²) in [4.78, 5) is 26.8. The molecule has 0 saturated carbocycles. The van der Waals surface area contributed by atoms with Gasteiger partial charge in [0.1, 0.15) is 0 Å². The molecule has 2 N–H and O–H groups in total. The van der Waals surface area contributed by atoms with Gasteiger partial charge in [-0.1, -0.05) is 32.0 Å². The molecule has 0 spiro atoms. The number of anilines is 1. The molecule has 0 unspecified atom stereocenters. The third kappa shape index (κ3) is 4.84. The SMILES string of the molecule is CC.O=C1C(SCCO)=C(SCCO)C(=O)N1c1ccccc1. The van der Waals surface area contributed by atoms with Gasteiger partial charge in [0.05, 0.1) is 28.7 Å². The van der Waals surface area contributed by atoms with Gasteiger partial charge >= 0.3 is 0 Å². The monoisotopic (exact) mass is 355 g/mol. The number of hydrogen-bond acceptors (Lipinski definition) is 6. The van der Waals surface area contributed by atoms with Crippen LogP contribution in [0.5, 0.6) is 0 Å². The Bertz CT molecular complexity index is 530. The Balaban J connectivity index is 0.00000127. The first-order valence-electron chi connectivity index (χ1n) is 7.36. The molecule has 1 aromatic carbocycles. The number of nitrogens with zero attached hydrogens (tertiary/aromatic N) is 1. The molecule has 0 bridgehead atoms. The van der Waals surface area contributed by atoms with E-state index in [-0.39, 0.29) is 25.0 Å². The quantitative estimate of drug-likeness (QED) is 0.731. The predicted octanol–water partition coefficient (Wildman–Crippen LogP) is 2.25. The summed E-state index contributed by atoms with van der Waals surface area (Å²) in [6.45, 7) is 3.86. The Labute approximate surface area is 144 Å². The first-order chi connectivity index (χ1) is 11.2. The third-order valence-corrected chi connectivity index (χ3v) is 4.93. The molecular formula is C16H21NO4S2. The van der Waals surface area contributed by atoms with Gasteiger partial charge in [-0.15, -0.1) is 23.5 Å². The summed E-state index contributed by atoms with van der Waals surface area (Å²) in [6, 6.07) is 8.73. The van der Waals surface area contributed by atoms with Crippen molar-refractivity contribution < 1.29 is 19.8 Å². The molecule has 0 saturated heterocycles. The van der Waals surface area contributed by atoms with E-state index in [1.165, 1.54) is 23.5 Å². The van der Waals surface area contributed by atoms with Gasteiger partial charge in [0, 0.05) is 11.5 Å². The van der Waals surface area contributed by atoms with Crippen LogP contribution >= 0.6 is 23.5 Å². The van der Waals surface area contributed by atoms with Gasteiger partial charge in [0.2, 0.25) is 0 Å². The van der Waals surface area contributed by atoms with Crippen molar-refractivity contribution >= 4 is 41.0 Å². The summed E-state index contributed by atoms with van der Waals surface area (Å²) in [6.07, 6.45) is 0. The number of para-hydroxylation sites is 1. The second kappa shape index (κ2) is 10.5. The molecule has 0 aliphatic carbocycles. The number of aliphatic hydroxyl groups is 2. The lowest BCUT2D eigenvalue weighted by Gasteiger charge is -2.14. The smallest absolute Gasteiger partial charge is 0.273 e. The van der Waals surface area contributed by atoms with E-state index in [0.29, 0.717) is 27.0 Å². The van der Waals surface area contributed by atoms with E-state index in [0.717, 1.165) is 4.90 Å². The highest BCUT2D eigenvalue weighted by atomic mass is 32.2. The Morgan fingerprint density at radius 3 is 1.70 bits per heavy atom. The van der Waals surface area contributed by atoms with Gasteiger partial charge in [-0.2, -0.15) is 0 Å². The van der Waals surface area contributed by atoms with Crippen molar-refractivity contribution in [3.8, 4) is 0 Å². The minimum absolute atomic E-state index is 0.0705. The van der Waals surface area contributed by atoms with Crippen LogP contribution < -0.4 is 4.90 Å². The van der Waals surface area contributed by atoms with Crippen LogP contribution in [0.4, 0.5) is 5.69 Å². The number of rotatable bonds is 7. The van der Waals surface area contributed by atoms with E-state index in [2.05, 4.69) is 0 Å². The number of carbonyl (C=O) groups excluding carboxylic acids is 2. The molecule has 0 radical (unpaired) electrons. The van der Waals surface area contributed by atoms with E-state index in [1.54, 1.807) is 24.3 Å². The van der Waals surface area contributed by atoms with Crippen molar-refractivity contribution in [3.63, 3.8) is 0 Å². The Hall–Kier alpha value is -1.28. The number of aliphatic hydroxyl groups excluding tert-OH is 2. The lowest BCUT2D eigenvalue weighted by Crippen LogP contribution is -2.31. The molecule has 1 heterocycles. The topological polar surface area (TPSA) is 77.8 Å². The lowest BCUT2D eigenvalue weighted by atomic mass is 10.3. The molecule has 1 aromatic rings. The average molecular weight is 355 g/mol. The first kappa shape index (κ1) is 19.8. The predicted molar refractivity (Wildman–Crippen MR) is 96.4 cm³/mol. The summed E-state index contributed by atoms with van der Waals surface area (Å²) in [7, 11) is 0. The van der Waals surface area contributed by atoms with Crippen LogP contribution in [0, 0.1) is 0 Å². The minimum Gasteiger partial charge on any atom is -0.396 e. The second-order valence-electron chi connectivity index (χ2n) is 4.08. The molecule has 5 nitrogen and oxygen atoms in total. The summed E-state index contributed by atoms with van der Waals surface area (Å²) in [5.41, 5.74) is 0.522. The number of carbonyl (C=O) groups is 2. The van der Waals surface area contributed by atoms with E-state index >= 15 is 0 Å². The van der Waals surface area contributed by atoms with E-state index in [1.807, 2.05) is 19.9 Å². The fourth-order valence-electron chi connectivity index (χ4n) is 1.85. The zero-order valence-corrected chi connectivity index (χ0v) is 14.8. The molecule has 1 aliphatic rings.